The first kappa shape index (κ1) is 11.5. The van der Waals surface area contributed by atoms with Gasteiger partial charge in [-0.15, -0.1) is 0 Å². The smallest absolute Gasteiger partial charge is 0.115 e. The van der Waals surface area contributed by atoms with Crippen LogP contribution in [-0.2, 0) is 6.54 Å². The Morgan fingerprint density at radius 2 is 2.29 bits per heavy atom. The number of aryl methyl sites for hydroxylation is 1. The van der Waals surface area contributed by atoms with Crippen LogP contribution in [0.3, 0.4) is 0 Å². The Kier molecular flexibility index (Phi) is 3.32. The van der Waals surface area contributed by atoms with E-state index in [2.05, 4.69) is 24.3 Å². The Labute approximate surface area is 101 Å². The Balaban J connectivity index is 2.08. The first-order valence-electron chi connectivity index (χ1n) is 5.77. The van der Waals surface area contributed by atoms with E-state index in [0.29, 0.717) is 5.75 Å². The highest BCUT2D eigenvalue weighted by atomic mass is 16.3. The second kappa shape index (κ2) is 4.91. The second-order valence-electron chi connectivity index (χ2n) is 4.05. The SMILES string of the molecule is CCn1cc(NC(C)c2cccc(O)c2)cn1. The summed E-state index contributed by atoms with van der Waals surface area (Å²) in [6, 6.07) is 7.41. The average Bonchev–Trinajstić information content (AvgIpc) is 2.77. The summed E-state index contributed by atoms with van der Waals surface area (Å²) in [5.41, 5.74) is 2.04. The molecule has 2 aromatic rings. The molecular weight excluding hydrogens is 214 g/mol. The third kappa shape index (κ3) is 2.78. The zero-order valence-corrected chi connectivity index (χ0v) is 10.1. The molecule has 0 fully saturated rings. The largest absolute Gasteiger partial charge is 0.508 e. The van der Waals surface area contributed by atoms with Crippen LogP contribution in [0.4, 0.5) is 5.69 Å². The summed E-state index contributed by atoms with van der Waals surface area (Å²) in [7, 11) is 0. The van der Waals surface area contributed by atoms with Gasteiger partial charge in [0.15, 0.2) is 0 Å². The lowest BCUT2D eigenvalue weighted by Crippen LogP contribution is -2.05. The molecule has 0 spiro atoms. The summed E-state index contributed by atoms with van der Waals surface area (Å²) in [5.74, 6) is 0.292. The van der Waals surface area contributed by atoms with Gasteiger partial charge in [0.25, 0.3) is 0 Å². The van der Waals surface area contributed by atoms with E-state index in [1.807, 2.05) is 29.2 Å². The molecule has 0 aliphatic rings. The van der Waals surface area contributed by atoms with Gasteiger partial charge in [0.05, 0.1) is 11.9 Å². The zero-order chi connectivity index (χ0) is 12.3. The molecule has 17 heavy (non-hydrogen) atoms. The molecule has 2 rings (SSSR count). The number of hydrogen-bond donors (Lipinski definition) is 2. The number of aromatic nitrogens is 2. The summed E-state index contributed by atoms with van der Waals surface area (Å²) in [4.78, 5) is 0. The molecule has 0 saturated carbocycles. The predicted molar refractivity (Wildman–Crippen MR) is 68.0 cm³/mol. The highest BCUT2D eigenvalue weighted by Crippen LogP contribution is 2.21. The lowest BCUT2D eigenvalue weighted by molar-refractivity contribution is 0.474. The Morgan fingerprint density at radius 3 is 2.94 bits per heavy atom. The van der Waals surface area contributed by atoms with E-state index in [0.717, 1.165) is 17.8 Å². The molecule has 0 amide bonds. The van der Waals surface area contributed by atoms with Crippen molar-refractivity contribution in [3.63, 3.8) is 0 Å². The second-order valence-corrected chi connectivity index (χ2v) is 4.05. The molecule has 4 nitrogen and oxygen atoms in total. The Hall–Kier alpha value is -1.97. The fraction of sp³-hybridized carbons (Fsp3) is 0.308. The van der Waals surface area contributed by atoms with E-state index in [1.165, 1.54) is 0 Å². The number of phenols is 1. The molecule has 0 aliphatic heterocycles. The van der Waals surface area contributed by atoms with Crippen molar-refractivity contribution in [1.29, 1.82) is 0 Å². The van der Waals surface area contributed by atoms with Crippen molar-refractivity contribution in [3.05, 3.63) is 42.2 Å². The summed E-state index contributed by atoms with van der Waals surface area (Å²) in [5, 5.41) is 17.0. The van der Waals surface area contributed by atoms with Crippen molar-refractivity contribution in [3.8, 4) is 5.75 Å². The molecule has 2 N–H and O–H groups in total. The first-order chi connectivity index (χ1) is 8.19. The predicted octanol–water partition coefficient (Wildman–Crippen LogP) is 2.78. The van der Waals surface area contributed by atoms with Crippen molar-refractivity contribution in [2.75, 3.05) is 5.32 Å². The molecule has 4 heteroatoms. The minimum atomic E-state index is 0.136. The molecule has 0 radical (unpaired) electrons. The number of benzene rings is 1. The van der Waals surface area contributed by atoms with E-state index in [9.17, 15) is 5.11 Å². The number of anilines is 1. The van der Waals surface area contributed by atoms with E-state index in [4.69, 9.17) is 0 Å². The van der Waals surface area contributed by atoms with Gasteiger partial charge in [-0.3, -0.25) is 4.68 Å². The van der Waals surface area contributed by atoms with Crippen LogP contribution in [0, 0.1) is 0 Å². The summed E-state index contributed by atoms with van der Waals surface area (Å²) < 4.78 is 1.87. The van der Waals surface area contributed by atoms with Gasteiger partial charge in [-0.05, 0) is 31.5 Å². The highest BCUT2D eigenvalue weighted by molar-refractivity contribution is 5.42. The van der Waals surface area contributed by atoms with Crippen LogP contribution in [-0.4, -0.2) is 14.9 Å². The standard InChI is InChI=1S/C13H17N3O/c1-3-16-9-12(8-14-16)15-10(2)11-5-4-6-13(17)7-11/h4-10,15,17H,3H2,1-2H3. The summed E-state index contributed by atoms with van der Waals surface area (Å²) in [6.45, 7) is 4.97. The number of nitrogens with zero attached hydrogens (tertiary/aromatic N) is 2. The normalized spacial score (nSPS) is 12.4. The molecule has 1 atom stereocenters. The molecule has 90 valence electrons. The lowest BCUT2D eigenvalue weighted by Gasteiger charge is -2.14. The fourth-order valence-corrected chi connectivity index (χ4v) is 1.74. The van der Waals surface area contributed by atoms with Gasteiger partial charge >= 0.3 is 0 Å². The van der Waals surface area contributed by atoms with Gasteiger partial charge in [0.2, 0.25) is 0 Å². The van der Waals surface area contributed by atoms with Crippen LogP contribution < -0.4 is 5.32 Å². The third-order valence-electron chi connectivity index (χ3n) is 2.71. The number of phenolic OH excluding ortho intramolecular Hbond substituents is 1. The van der Waals surface area contributed by atoms with Crippen molar-refractivity contribution in [2.24, 2.45) is 0 Å². The highest BCUT2D eigenvalue weighted by Gasteiger charge is 2.06. The summed E-state index contributed by atoms with van der Waals surface area (Å²) in [6.07, 6.45) is 3.78. The Morgan fingerprint density at radius 1 is 1.47 bits per heavy atom. The summed E-state index contributed by atoms with van der Waals surface area (Å²) >= 11 is 0. The van der Waals surface area contributed by atoms with Crippen LogP contribution >= 0.6 is 0 Å². The zero-order valence-electron chi connectivity index (χ0n) is 10.1. The van der Waals surface area contributed by atoms with Crippen LogP contribution in [0.25, 0.3) is 0 Å². The fourth-order valence-electron chi connectivity index (χ4n) is 1.74. The number of hydrogen-bond acceptors (Lipinski definition) is 3. The molecular formula is C13H17N3O. The van der Waals surface area contributed by atoms with Gasteiger partial charge in [0.1, 0.15) is 5.75 Å². The van der Waals surface area contributed by atoms with Gasteiger partial charge in [0, 0.05) is 18.8 Å². The van der Waals surface area contributed by atoms with Gasteiger partial charge in [-0.1, -0.05) is 12.1 Å². The van der Waals surface area contributed by atoms with Crippen molar-refractivity contribution < 1.29 is 5.11 Å². The maximum atomic E-state index is 9.43. The minimum absolute atomic E-state index is 0.136. The molecule has 0 saturated heterocycles. The maximum absolute atomic E-state index is 9.43. The number of aromatic hydroxyl groups is 1. The maximum Gasteiger partial charge on any atom is 0.115 e. The molecule has 1 heterocycles. The number of rotatable bonds is 4. The molecule has 1 aromatic heterocycles. The van der Waals surface area contributed by atoms with Crippen molar-refractivity contribution in [2.45, 2.75) is 26.4 Å². The average molecular weight is 231 g/mol. The van der Waals surface area contributed by atoms with Crippen LogP contribution in [0.1, 0.15) is 25.5 Å². The van der Waals surface area contributed by atoms with Gasteiger partial charge in [-0.25, -0.2) is 0 Å². The molecule has 1 unspecified atom stereocenters. The van der Waals surface area contributed by atoms with Crippen molar-refractivity contribution >= 4 is 5.69 Å². The monoisotopic (exact) mass is 231 g/mol. The topological polar surface area (TPSA) is 50.1 Å². The van der Waals surface area contributed by atoms with E-state index in [1.54, 1.807) is 12.1 Å². The number of nitrogens with one attached hydrogen (secondary N) is 1. The Bertz CT molecular complexity index is 493. The minimum Gasteiger partial charge on any atom is -0.508 e. The lowest BCUT2D eigenvalue weighted by atomic mass is 10.1. The van der Waals surface area contributed by atoms with E-state index >= 15 is 0 Å². The third-order valence-corrected chi connectivity index (χ3v) is 2.71. The first-order valence-corrected chi connectivity index (χ1v) is 5.77. The molecule has 0 bridgehead atoms. The van der Waals surface area contributed by atoms with E-state index < -0.39 is 0 Å². The van der Waals surface area contributed by atoms with E-state index in [-0.39, 0.29) is 6.04 Å². The molecule has 0 aliphatic carbocycles. The van der Waals surface area contributed by atoms with Crippen LogP contribution in [0.2, 0.25) is 0 Å². The van der Waals surface area contributed by atoms with Gasteiger partial charge < -0.3 is 10.4 Å². The van der Waals surface area contributed by atoms with Gasteiger partial charge in [-0.2, -0.15) is 5.10 Å². The quantitative estimate of drug-likeness (QED) is 0.850. The van der Waals surface area contributed by atoms with Crippen molar-refractivity contribution in [1.82, 2.24) is 9.78 Å². The van der Waals surface area contributed by atoms with Crippen LogP contribution in [0.5, 0.6) is 5.75 Å². The molecule has 1 aromatic carbocycles. The van der Waals surface area contributed by atoms with Crippen LogP contribution in [0.15, 0.2) is 36.7 Å².